The van der Waals surface area contributed by atoms with Gasteiger partial charge >= 0.3 is 12.1 Å². The Morgan fingerprint density at radius 1 is 1.13 bits per heavy atom. The molecule has 1 heterocycles. The molecule has 0 spiro atoms. The van der Waals surface area contributed by atoms with Gasteiger partial charge in [0.25, 0.3) is 0 Å². The van der Waals surface area contributed by atoms with Gasteiger partial charge in [0, 0.05) is 19.5 Å². The molecule has 0 atom stereocenters. The fourth-order valence-corrected chi connectivity index (χ4v) is 2.56. The molecule has 0 unspecified atom stereocenters. The highest BCUT2D eigenvalue weighted by atomic mass is 16.6. The predicted octanol–water partition coefficient (Wildman–Crippen LogP) is 2.94. The van der Waals surface area contributed by atoms with Crippen molar-refractivity contribution in [1.82, 2.24) is 4.90 Å². The number of amides is 1. The third-order valence-corrected chi connectivity index (χ3v) is 3.74. The van der Waals surface area contributed by atoms with E-state index in [2.05, 4.69) is 0 Å². The van der Waals surface area contributed by atoms with Gasteiger partial charge in [-0.3, -0.25) is 9.59 Å². The van der Waals surface area contributed by atoms with E-state index in [1.54, 1.807) is 11.8 Å². The molecule has 1 amide bonds. The van der Waals surface area contributed by atoms with E-state index < -0.39 is 11.6 Å². The van der Waals surface area contributed by atoms with Crippen molar-refractivity contribution in [3.63, 3.8) is 0 Å². The van der Waals surface area contributed by atoms with Gasteiger partial charge in [-0.05, 0) is 52.9 Å². The normalized spacial score (nSPS) is 16.1. The Morgan fingerprint density at radius 3 is 2.26 bits per heavy atom. The molecule has 0 bridgehead atoms. The highest BCUT2D eigenvalue weighted by Crippen LogP contribution is 2.23. The van der Waals surface area contributed by atoms with Gasteiger partial charge in [-0.1, -0.05) is 0 Å². The van der Waals surface area contributed by atoms with Crippen LogP contribution < -0.4 is 0 Å². The molecule has 1 fully saturated rings. The molecule has 0 saturated carbocycles. The van der Waals surface area contributed by atoms with E-state index in [0.717, 1.165) is 19.3 Å². The molecule has 132 valence electrons. The van der Waals surface area contributed by atoms with E-state index in [1.807, 2.05) is 20.8 Å². The molecular weight excluding hydrogens is 298 g/mol. The number of likely N-dealkylation sites (tertiary alicyclic amines) is 1. The lowest BCUT2D eigenvalue weighted by molar-refractivity contribution is -0.145. The zero-order chi connectivity index (χ0) is 17.5. The summed E-state index contributed by atoms with van der Waals surface area (Å²) < 4.78 is 10.1. The van der Waals surface area contributed by atoms with Crippen LogP contribution in [0.4, 0.5) is 4.79 Å². The summed E-state index contributed by atoms with van der Waals surface area (Å²) in [5, 5.41) is 0. The van der Waals surface area contributed by atoms with Crippen molar-refractivity contribution in [2.45, 2.75) is 65.4 Å². The predicted molar refractivity (Wildman–Crippen MR) is 86.0 cm³/mol. The van der Waals surface area contributed by atoms with Crippen LogP contribution in [0, 0.1) is 5.92 Å². The summed E-state index contributed by atoms with van der Waals surface area (Å²) in [7, 11) is 0. The lowest BCUT2D eigenvalue weighted by Gasteiger charge is -2.33. The van der Waals surface area contributed by atoms with Crippen molar-refractivity contribution in [2.75, 3.05) is 19.7 Å². The van der Waals surface area contributed by atoms with Gasteiger partial charge in [0.1, 0.15) is 17.8 Å². The highest BCUT2D eigenvalue weighted by molar-refractivity contribution is 5.95. The summed E-state index contributed by atoms with van der Waals surface area (Å²) in [4.78, 5) is 36.6. The number of piperidine rings is 1. The quantitative estimate of drug-likeness (QED) is 0.554. The van der Waals surface area contributed by atoms with Gasteiger partial charge in [0.05, 0.1) is 6.61 Å². The van der Waals surface area contributed by atoms with Crippen molar-refractivity contribution < 1.29 is 23.9 Å². The van der Waals surface area contributed by atoms with Crippen LogP contribution in [0.5, 0.6) is 0 Å². The van der Waals surface area contributed by atoms with Crippen LogP contribution in [0.3, 0.4) is 0 Å². The Balaban J connectivity index is 2.25. The Kier molecular flexibility index (Phi) is 7.52. The van der Waals surface area contributed by atoms with Gasteiger partial charge < -0.3 is 14.4 Å². The number of Topliss-reactive ketones (excluding diaryl/α,β-unsaturated/α-hetero) is 1. The van der Waals surface area contributed by atoms with Crippen molar-refractivity contribution in [2.24, 2.45) is 5.92 Å². The van der Waals surface area contributed by atoms with Crippen molar-refractivity contribution in [1.29, 1.82) is 0 Å². The molecule has 0 radical (unpaired) electrons. The standard InChI is InChI=1S/C17H29NO5/c1-5-22-15(20)12-14(19)7-6-13-8-10-18(11-9-13)16(21)23-17(2,3)4/h13H,5-12H2,1-4H3. The molecule has 1 saturated heterocycles. The summed E-state index contributed by atoms with van der Waals surface area (Å²) in [6.45, 7) is 8.90. The van der Waals surface area contributed by atoms with Gasteiger partial charge in [-0.25, -0.2) is 4.79 Å². The zero-order valence-corrected chi connectivity index (χ0v) is 14.7. The second kappa shape index (κ2) is 8.89. The van der Waals surface area contributed by atoms with Crippen LogP contribution >= 0.6 is 0 Å². The van der Waals surface area contributed by atoms with Crippen LogP contribution in [0.25, 0.3) is 0 Å². The molecule has 0 aromatic rings. The topological polar surface area (TPSA) is 72.9 Å². The van der Waals surface area contributed by atoms with Gasteiger partial charge in [-0.15, -0.1) is 0 Å². The first-order chi connectivity index (χ1) is 10.7. The number of carbonyl (C=O) groups is 3. The van der Waals surface area contributed by atoms with E-state index in [4.69, 9.17) is 9.47 Å². The first-order valence-corrected chi connectivity index (χ1v) is 8.36. The molecule has 6 heteroatoms. The lowest BCUT2D eigenvalue weighted by atomic mass is 9.91. The second-order valence-electron chi connectivity index (χ2n) is 6.97. The maximum Gasteiger partial charge on any atom is 0.410 e. The average Bonchev–Trinajstić information content (AvgIpc) is 2.44. The highest BCUT2D eigenvalue weighted by Gasteiger charge is 2.27. The second-order valence-corrected chi connectivity index (χ2v) is 6.97. The van der Waals surface area contributed by atoms with Crippen LogP contribution in [0.15, 0.2) is 0 Å². The minimum Gasteiger partial charge on any atom is -0.466 e. The SMILES string of the molecule is CCOC(=O)CC(=O)CCC1CCN(C(=O)OC(C)(C)C)CC1. The van der Waals surface area contributed by atoms with Crippen LogP contribution in [0.2, 0.25) is 0 Å². The summed E-state index contributed by atoms with van der Waals surface area (Å²) >= 11 is 0. The fraction of sp³-hybridized carbons (Fsp3) is 0.824. The van der Waals surface area contributed by atoms with E-state index >= 15 is 0 Å². The summed E-state index contributed by atoms with van der Waals surface area (Å²) in [6.07, 6.45) is 2.49. The Labute approximate surface area is 138 Å². The lowest BCUT2D eigenvalue weighted by Crippen LogP contribution is -2.41. The monoisotopic (exact) mass is 327 g/mol. The van der Waals surface area contributed by atoms with Crippen molar-refractivity contribution in [3.8, 4) is 0 Å². The van der Waals surface area contributed by atoms with Crippen LogP contribution in [-0.4, -0.2) is 48.0 Å². The molecular formula is C17H29NO5. The largest absolute Gasteiger partial charge is 0.466 e. The van der Waals surface area contributed by atoms with E-state index in [9.17, 15) is 14.4 Å². The Hall–Kier alpha value is -1.59. The fourth-order valence-electron chi connectivity index (χ4n) is 2.56. The van der Waals surface area contributed by atoms with Gasteiger partial charge in [0.2, 0.25) is 0 Å². The van der Waals surface area contributed by atoms with E-state index in [0.29, 0.717) is 32.0 Å². The van der Waals surface area contributed by atoms with Crippen LogP contribution in [0.1, 0.15) is 59.8 Å². The minimum atomic E-state index is -0.479. The molecule has 6 nitrogen and oxygen atoms in total. The number of ether oxygens (including phenoxy) is 2. The number of hydrogen-bond acceptors (Lipinski definition) is 5. The number of rotatable bonds is 6. The van der Waals surface area contributed by atoms with E-state index in [1.165, 1.54) is 0 Å². The zero-order valence-electron chi connectivity index (χ0n) is 14.7. The molecule has 1 aliphatic rings. The molecule has 0 aromatic carbocycles. The van der Waals surface area contributed by atoms with E-state index in [-0.39, 0.29) is 18.3 Å². The smallest absolute Gasteiger partial charge is 0.410 e. The number of esters is 1. The average molecular weight is 327 g/mol. The number of carbonyl (C=O) groups excluding carboxylic acids is 3. The third-order valence-electron chi connectivity index (χ3n) is 3.74. The Morgan fingerprint density at radius 2 is 1.74 bits per heavy atom. The minimum absolute atomic E-state index is 0.0713. The first kappa shape index (κ1) is 19.5. The molecule has 1 aliphatic heterocycles. The molecule has 0 N–H and O–H groups in total. The molecule has 23 heavy (non-hydrogen) atoms. The number of ketones is 1. The molecule has 1 rings (SSSR count). The van der Waals surface area contributed by atoms with Crippen molar-refractivity contribution >= 4 is 17.8 Å². The first-order valence-electron chi connectivity index (χ1n) is 8.36. The van der Waals surface area contributed by atoms with Gasteiger partial charge in [0.15, 0.2) is 0 Å². The third kappa shape index (κ3) is 8.00. The summed E-state index contributed by atoms with van der Waals surface area (Å²) in [6, 6.07) is 0. The van der Waals surface area contributed by atoms with Crippen LogP contribution in [-0.2, 0) is 19.1 Å². The molecule has 0 aliphatic carbocycles. The maximum absolute atomic E-state index is 12.0. The Bertz CT molecular complexity index is 419. The van der Waals surface area contributed by atoms with Crippen molar-refractivity contribution in [3.05, 3.63) is 0 Å². The number of hydrogen-bond donors (Lipinski definition) is 0. The maximum atomic E-state index is 12.0. The summed E-state index contributed by atoms with van der Waals surface area (Å²) in [5.41, 5.74) is -0.479. The molecule has 0 aromatic heterocycles. The number of nitrogens with zero attached hydrogens (tertiary/aromatic N) is 1. The van der Waals surface area contributed by atoms with Gasteiger partial charge in [-0.2, -0.15) is 0 Å². The summed E-state index contributed by atoms with van der Waals surface area (Å²) in [5.74, 6) is -0.102.